The van der Waals surface area contributed by atoms with Gasteiger partial charge < -0.3 is 15.2 Å². The summed E-state index contributed by atoms with van der Waals surface area (Å²) in [4.78, 5) is 13.7. The summed E-state index contributed by atoms with van der Waals surface area (Å²) in [7, 11) is 6.24. The Morgan fingerprint density at radius 3 is 2.19 bits per heavy atom. The highest BCUT2D eigenvalue weighted by Gasteiger charge is 2.22. The van der Waals surface area contributed by atoms with Gasteiger partial charge in [-0.05, 0) is 34.0 Å². The molecule has 1 rings (SSSR count). The van der Waals surface area contributed by atoms with Crippen molar-refractivity contribution >= 4 is 11.6 Å². The Hall–Kier alpha value is -1.40. The molecule has 0 radical (unpaired) electrons. The van der Waals surface area contributed by atoms with Crippen molar-refractivity contribution in [3.63, 3.8) is 0 Å². The molecule has 0 unspecified atom stereocenters. The Kier molecular flexibility index (Phi) is 5.92. The van der Waals surface area contributed by atoms with Gasteiger partial charge in [-0.3, -0.25) is 0 Å². The van der Waals surface area contributed by atoms with Crippen molar-refractivity contribution in [2.45, 2.75) is 39.5 Å². The summed E-state index contributed by atoms with van der Waals surface area (Å²) in [6.45, 7) is 10.3. The first-order valence-corrected chi connectivity index (χ1v) is 7.38. The van der Waals surface area contributed by atoms with Gasteiger partial charge in [0.15, 0.2) is 0 Å². The van der Waals surface area contributed by atoms with Gasteiger partial charge in [0.05, 0.1) is 0 Å². The molecular formula is C15H30N6. The van der Waals surface area contributed by atoms with Crippen molar-refractivity contribution in [1.82, 2.24) is 14.9 Å². The Bertz CT molecular complexity index is 464. The number of anilines is 2. The fourth-order valence-corrected chi connectivity index (χ4v) is 2.08. The van der Waals surface area contributed by atoms with E-state index in [0.717, 1.165) is 36.7 Å². The number of hydrazine groups is 1. The van der Waals surface area contributed by atoms with Crippen LogP contribution in [0, 0.1) is 6.92 Å². The third-order valence-electron chi connectivity index (χ3n) is 3.39. The molecule has 0 aliphatic heterocycles. The van der Waals surface area contributed by atoms with Gasteiger partial charge in [-0.2, -0.15) is 0 Å². The van der Waals surface area contributed by atoms with Crippen LogP contribution in [0.5, 0.6) is 0 Å². The highest BCUT2D eigenvalue weighted by atomic mass is 15.3. The summed E-state index contributed by atoms with van der Waals surface area (Å²) in [6.07, 6.45) is 1.09. The number of nitrogens with two attached hydrogens (primary N) is 1. The second-order valence-corrected chi connectivity index (χ2v) is 6.82. The molecule has 0 aliphatic rings. The maximum atomic E-state index is 5.61. The second-order valence-electron chi connectivity index (χ2n) is 6.82. The van der Waals surface area contributed by atoms with Crippen LogP contribution in [0.3, 0.4) is 0 Å². The van der Waals surface area contributed by atoms with Crippen molar-refractivity contribution in [2.75, 3.05) is 44.6 Å². The van der Waals surface area contributed by atoms with Crippen LogP contribution >= 0.6 is 0 Å². The number of nitrogens with one attached hydrogen (secondary N) is 1. The summed E-state index contributed by atoms with van der Waals surface area (Å²) < 4.78 is 0. The zero-order valence-electron chi connectivity index (χ0n) is 14.5. The van der Waals surface area contributed by atoms with Gasteiger partial charge in [-0.15, -0.1) is 0 Å². The van der Waals surface area contributed by atoms with Crippen molar-refractivity contribution in [3.05, 3.63) is 11.4 Å². The van der Waals surface area contributed by atoms with Gasteiger partial charge in [0.25, 0.3) is 0 Å². The molecule has 0 atom stereocenters. The van der Waals surface area contributed by atoms with Crippen molar-refractivity contribution in [3.8, 4) is 0 Å². The number of hydrogen-bond donors (Lipinski definition) is 2. The standard InChI is InChI=1S/C15H30N6/c1-11-12(19-16)17-14(15(2,3)4)18-13(11)21(7)10-8-9-20(5)6/h8-10,16H2,1-7H3,(H,17,18,19). The van der Waals surface area contributed by atoms with Gasteiger partial charge in [0.1, 0.15) is 17.5 Å². The summed E-state index contributed by atoms with van der Waals surface area (Å²) in [5.41, 5.74) is 3.56. The monoisotopic (exact) mass is 294 g/mol. The Labute approximate surface area is 128 Å². The molecule has 21 heavy (non-hydrogen) atoms. The van der Waals surface area contributed by atoms with Crippen LogP contribution in [0.1, 0.15) is 38.6 Å². The lowest BCUT2D eigenvalue weighted by Gasteiger charge is -2.25. The molecule has 0 spiro atoms. The summed E-state index contributed by atoms with van der Waals surface area (Å²) >= 11 is 0. The molecule has 0 saturated carbocycles. The minimum absolute atomic E-state index is 0.113. The first-order valence-electron chi connectivity index (χ1n) is 7.38. The molecule has 0 fully saturated rings. The van der Waals surface area contributed by atoms with E-state index in [1.54, 1.807) is 0 Å². The van der Waals surface area contributed by atoms with E-state index in [-0.39, 0.29) is 5.41 Å². The van der Waals surface area contributed by atoms with Crippen LogP contribution in [0.2, 0.25) is 0 Å². The van der Waals surface area contributed by atoms with Gasteiger partial charge in [-0.1, -0.05) is 20.8 Å². The zero-order valence-corrected chi connectivity index (χ0v) is 14.5. The predicted octanol–water partition coefficient (Wildman–Crippen LogP) is 1.76. The second kappa shape index (κ2) is 7.04. The molecule has 6 heteroatoms. The van der Waals surface area contributed by atoms with E-state index in [0.29, 0.717) is 5.82 Å². The molecule has 0 aromatic carbocycles. The topological polar surface area (TPSA) is 70.3 Å². The highest BCUT2D eigenvalue weighted by molar-refractivity contribution is 5.58. The quantitative estimate of drug-likeness (QED) is 0.615. The molecular weight excluding hydrogens is 264 g/mol. The van der Waals surface area contributed by atoms with E-state index < -0.39 is 0 Å². The van der Waals surface area contributed by atoms with Crippen molar-refractivity contribution in [1.29, 1.82) is 0 Å². The third-order valence-corrected chi connectivity index (χ3v) is 3.39. The van der Waals surface area contributed by atoms with Crippen LogP contribution in [0.4, 0.5) is 11.6 Å². The maximum Gasteiger partial charge on any atom is 0.148 e. The molecule has 3 N–H and O–H groups in total. The lowest BCUT2D eigenvalue weighted by Crippen LogP contribution is -2.28. The normalized spacial score (nSPS) is 11.9. The Morgan fingerprint density at radius 2 is 1.71 bits per heavy atom. The maximum absolute atomic E-state index is 5.61. The average molecular weight is 294 g/mol. The van der Waals surface area contributed by atoms with Crippen molar-refractivity contribution in [2.24, 2.45) is 5.84 Å². The molecule has 6 nitrogen and oxygen atoms in total. The smallest absolute Gasteiger partial charge is 0.148 e. The minimum atomic E-state index is -0.113. The minimum Gasteiger partial charge on any atom is -0.359 e. The van der Waals surface area contributed by atoms with Crippen LogP contribution in [0.15, 0.2) is 0 Å². The fraction of sp³-hybridized carbons (Fsp3) is 0.733. The van der Waals surface area contributed by atoms with Gasteiger partial charge in [-0.25, -0.2) is 15.8 Å². The molecule has 1 heterocycles. The zero-order chi connectivity index (χ0) is 16.2. The number of nitrogen functional groups attached to an aromatic ring is 1. The van der Waals surface area contributed by atoms with Gasteiger partial charge in [0, 0.05) is 24.6 Å². The lowest BCUT2D eigenvalue weighted by molar-refractivity contribution is 0.401. The van der Waals surface area contributed by atoms with Gasteiger partial charge in [0.2, 0.25) is 0 Å². The van der Waals surface area contributed by atoms with Gasteiger partial charge >= 0.3 is 0 Å². The molecule has 0 bridgehead atoms. The number of aromatic nitrogens is 2. The average Bonchev–Trinajstić information content (AvgIpc) is 2.36. The van der Waals surface area contributed by atoms with Crippen LogP contribution < -0.4 is 16.2 Å². The molecule has 0 saturated heterocycles. The van der Waals surface area contributed by atoms with E-state index in [9.17, 15) is 0 Å². The highest BCUT2D eigenvalue weighted by Crippen LogP contribution is 2.27. The van der Waals surface area contributed by atoms with E-state index in [1.807, 2.05) is 6.92 Å². The van der Waals surface area contributed by atoms with Crippen LogP contribution in [-0.4, -0.2) is 49.1 Å². The summed E-state index contributed by atoms with van der Waals surface area (Å²) in [6, 6.07) is 0. The Morgan fingerprint density at radius 1 is 1.10 bits per heavy atom. The summed E-state index contributed by atoms with van der Waals surface area (Å²) in [5.74, 6) is 8.05. The largest absolute Gasteiger partial charge is 0.359 e. The van der Waals surface area contributed by atoms with Crippen LogP contribution in [-0.2, 0) is 5.41 Å². The molecule has 0 amide bonds. The number of hydrogen-bond acceptors (Lipinski definition) is 6. The number of nitrogens with zero attached hydrogens (tertiary/aromatic N) is 4. The number of rotatable bonds is 6. The van der Waals surface area contributed by atoms with E-state index in [4.69, 9.17) is 10.8 Å². The Balaban J connectivity index is 3.04. The molecule has 1 aromatic rings. The van der Waals surface area contributed by atoms with E-state index in [1.165, 1.54) is 0 Å². The fourth-order valence-electron chi connectivity index (χ4n) is 2.08. The summed E-state index contributed by atoms with van der Waals surface area (Å²) in [5, 5.41) is 0. The van der Waals surface area contributed by atoms with Crippen LogP contribution in [0.25, 0.3) is 0 Å². The molecule has 0 aliphatic carbocycles. The lowest BCUT2D eigenvalue weighted by atomic mass is 9.95. The first-order chi connectivity index (χ1) is 9.66. The van der Waals surface area contributed by atoms with E-state index in [2.05, 4.69) is 62.1 Å². The SMILES string of the molecule is Cc1c(NN)nc(C(C)(C)C)nc1N(C)CCCN(C)C. The predicted molar refractivity (Wildman–Crippen MR) is 89.7 cm³/mol. The van der Waals surface area contributed by atoms with Crippen molar-refractivity contribution < 1.29 is 0 Å². The molecule has 1 aromatic heterocycles. The molecule has 120 valence electrons. The first kappa shape index (κ1) is 17.7. The third kappa shape index (κ3) is 4.82. The van der Waals surface area contributed by atoms with E-state index >= 15 is 0 Å².